The van der Waals surface area contributed by atoms with Crippen molar-refractivity contribution in [2.24, 2.45) is 0 Å². The fourth-order valence-corrected chi connectivity index (χ4v) is 1.98. The van der Waals surface area contributed by atoms with Crippen molar-refractivity contribution in [1.29, 1.82) is 0 Å². The minimum absolute atomic E-state index is 0.557. The highest BCUT2D eigenvalue weighted by Crippen LogP contribution is 2.19. The summed E-state index contributed by atoms with van der Waals surface area (Å²) in [6.45, 7) is 3.02. The SMILES string of the molecule is Cc1cncc(-c2nnc(CCCNC3CC3)o2)c1. The summed E-state index contributed by atoms with van der Waals surface area (Å²) < 4.78 is 5.66. The van der Waals surface area contributed by atoms with Crippen molar-refractivity contribution >= 4 is 0 Å². The Labute approximate surface area is 112 Å². The molecule has 2 aromatic heterocycles. The Kier molecular flexibility index (Phi) is 3.55. The van der Waals surface area contributed by atoms with E-state index in [1.54, 1.807) is 6.20 Å². The molecule has 0 aromatic carbocycles. The quantitative estimate of drug-likeness (QED) is 0.804. The summed E-state index contributed by atoms with van der Waals surface area (Å²) in [4.78, 5) is 4.13. The second-order valence-corrected chi connectivity index (χ2v) is 5.08. The summed E-state index contributed by atoms with van der Waals surface area (Å²) >= 11 is 0. The Morgan fingerprint density at radius 3 is 3.00 bits per heavy atom. The fourth-order valence-electron chi connectivity index (χ4n) is 1.98. The highest BCUT2D eigenvalue weighted by molar-refractivity contribution is 5.51. The third-order valence-electron chi connectivity index (χ3n) is 3.17. The molecule has 0 atom stereocenters. The molecule has 1 saturated carbocycles. The van der Waals surface area contributed by atoms with Crippen LogP contribution in [0.15, 0.2) is 22.9 Å². The Morgan fingerprint density at radius 2 is 2.21 bits per heavy atom. The van der Waals surface area contributed by atoms with Crippen molar-refractivity contribution in [2.75, 3.05) is 6.54 Å². The molecule has 1 fully saturated rings. The van der Waals surface area contributed by atoms with Crippen molar-refractivity contribution in [3.05, 3.63) is 29.9 Å². The van der Waals surface area contributed by atoms with Crippen LogP contribution in [0.2, 0.25) is 0 Å². The van der Waals surface area contributed by atoms with Gasteiger partial charge >= 0.3 is 0 Å². The molecule has 1 aliphatic rings. The lowest BCUT2D eigenvalue weighted by Crippen LogP contribution is -2.17. The molecule has 100 valence electrons. The van der Waals surface area contributed by atoms with Crippen LogP contribution in [-0.4, -0.2) is 27.8 Å². The highest BCUT2D eigenvalue weighted by Gasteiger charge is 2.19. The molecule has 5 nitrogen and oxygen atoms in total. The van der Waals surface area contributed by atoms with E-state index in [-0.39, 0.29) is 0 Å². The van der Waals surface area contributed by atoms with Gasteiger partial charge in [0.05, 0.1) is 5.56 Å². The monoisotopic (exact) mass is 258 g/mol. The van der Waals surface area contributed by atoms with E-state index in [1.807, 2.05) is 19.2 Å². The largest absolute Gasteiger partial charge is 0.421 e. The number of nitrogens with one attached hydrogen (secondary N) is 1. The molecular formula is C14H18N4O. The first-order valence-corrected chi connectivity index (χ1v) is 6.79. The number of rotatable bonds is 6. The molecule has 0 bridgehead atoms. The average Bonchev–Trinajstić information content (AvgIpc) is 3.11. The lowest BCUT2D eigenvalue weighted by atomic mass is 10.2. The summed E-state index contributed by atoms with van der Waals surface area (Å²) in [5.74, 6) is 1.26. The van der Waals surface area contributed by atoms with Crippen molar-refractivity contribution in [3.63, 3.8) is 0 Å². The van der Waals surface area contributed by atoms with E-state index >= 15 is 0 Å². The number of nitrogens with zero attached hydrogens (tertiary/aromatic N) is 3. The molecule has 0 saturated heterocycles. The van der Waals surface area contributed by atoms with E-state index in [1.165, 1.54) is 12.8 Å². The Morgan fingerprint density at radius 1 is 1.32 bits per heavy atom. The summed E-state index contributed by atoms with van der Waals surface area (Å²) in [6.07, 6.45) is 8.07. The lowest BCUT2D eigenvalue weighted by Gasteiger charge is -1.99. The van der Waals surface area contributed by atoms with E-state index in [9.17, 15) is 0 Å². The van der Waals surface area contributed by atoms with E-state index in [2.05, 4.69) is 20.5 Å². The number of pyridine rings is 1. The van der Waals surface area contributed by atoms with Crippen molar-refractivity contribution in [3.8, 4) is 11.5 Å². The van der Waals surface area contributed by atoms with E-state index in [0.717, 1.165) is 36.6 Å². The number of aryl methyl sites for hydroxylation is 2. The predicted octanol–water partition coefficient (Wildman–Crippen LogP) is 2.12. The summed E-state index contributed by atoms with van der Waals surface area (Å²) in [5, 5.41) is 11.6. The molecule has 1 aliphatic carbocycles. The number of aromatic nitrogens is 3. The standard InChI is InChI=1S/C14H18N4O/c1-10-7-11(9-15-8-10)14-18-17-13(19-14)3-2-6-16-12-4-5-12/h7-9,12,16H,2-6H2,1H3. The van der Waals surface area contributed by atoms with Crippen LogP contribution in [-0.2, 0) is 6.42 Å². The Bertz CT molecular complexity index is 548. The minimum atomic E-state index is 0.557. The van der Waals surface area contributed by atoms with Gasteiger partial charge in [0, 0.05) is 24.9 Å². The molecule has 0 unspecified atom stereocenters. The van der Waals surface area contributed by atoms with Gasteiger partial charge in [0.15, 0.2) is 0 Å². The molecule has 3 rings (SSSR count). The molecule has 2 aromatic rings. The highest BCUT2D eigenvalue weighted by atomic mass is 16.4. The van der Waals surface area contributed by atoms with Gasteiger partial charge in [0.25, 0.3) is 0 Å². The van der Waals surface area contributed by atoms with Gasteiger partial charge in [0.2, 0.25) is 11.8 Å². The zero-order valence-electron chi connectivity index (χ0n) is 11.1. The molecule has 0 spiro atoms. The Hall–Kier alpha value is -1.75. The van der Waals surface area contributed by atoms with Gasteiger partial charge in [-0.1, -0.05) is 0 Å². The first-order chi connectivity index (χ1) is 9.31. The fraction of sp³-hybridized carbons (Fsp3) is 0.500. The lowest BCUT2D eigenvalue weighted by molar-refractivity contribution is 0.490. The van der Waals surface area contributed by atoms with Gasteiger partial charge in [-0.15, -0.1) is 10.2 Å². The van der Waals surface area contributed by atoms with Gasteiger partial charge < -0.3 is 9.73 Å². The maximum atomic E-state index is 5.66. The molecule has 0 amide bonds. The van der Waals surface area contributed by atoms with Gasteiger partial charge in [-0.05, 0) is 44.4 Å². The topological polar surface area (TPSA) is 63.8 Å². The van der Waals surface area contributed by atoms with Gasteiger partial charge in [-0.3, -0.25) is 4.98 Å². The van der Waals surface area contributed by atoms with Crippen LogP contribution in [0, 0.1) is 6.92 Å². The zero-order valence-corrected chi connectivity index (χ0v) is 11.1. The second kappa shape index (κ2) is 5.48. The Balaban J connectivity index is 1.56. The van der Waals surface area contributed by atoms with E-state index in [0.29, 0.717) is 11.8 Å². The number of hydrogen-bond donors (Lipinski definition) is 1. The van der Waals surface area contributed by atoms with Crippen molar-refractivity contribution < 1.29 is 4.42 Å². The third kappa shape index (κ3) is 3.38. The van der Waals surface area contributed by atoms with Gasteiger partial charge in [-0.2, -0.15) is 0 Å². The molecule has 0 radical (unpaired) electrons. The summed E-state index contributed by atoms with van der Waals surface area (Å²) in [7, 11) is 0. The molecular weight excluding hydrogens is 240 g/mol. The van der Waals surface area contributed by atoms with Crippen LogP contribution in [0.1, 0.15) is 30.7 Å². The molecule has 5 heteroatoms. The smallest absolute Gasteiger partial charge is 0.249 e. The molecule has 0 aliphatic heterocycles. The maximum Gasteiger partial charge on any atom is 0.249 e. The van der Waals surface area contributed by atoms with E-state index < -0.39 is 0 Å². The normalized spacial score (nSPS) is 14.8. The predicted molar refractivity (Wildman–Crippen MR) is 71.6 cm³/mol. The van der Waals surface area contributed by atoms with Crippen molar-refractivity contribution in [2.45, 2.75) is 38.6 Å². The molecule has 1 N–H and O–H groups in total. The zero-order chi connectivity index (χ0) is 13.1. The minimum Gasteiger partial charge on any atom is -0.421 e. The molecule has 2 heterocycles. The van der Waals surface area contributed by atoms with Crippen LogP contribution in [0.5, 0.6) is 0 Å². The van der Waals surface area contributed by atoms with Crippen LogP contribution in [0.3, 0.4) is 0 Å². The van der Waals surface area contributed by atoms with Crippen LogP contribution >= 0.6 is 0 Å². The average molecular weight is 258 g/mol. The van der Waals surface area contributed by atoms with Gasteiger partial charge in [-0.25, -0.2) is 0 Å². The first-order valence-electron chi connectivity index (χ1n) is 6.79. The van der Waals surface area contributed by atoms with Crippen molar-refractivity contribution in [1.82, 2.24) is 20.5 Å². The van der Waals surface area contributed by atoms with Gasteiger partial charge in [0.1, 0.15) is 0 Å². The maximum absolute atomic E-state index is 5.66. The molecule has 19 heavy (non-hydrogen) atoms. The first kappa shape index (κ1) is 12.3. The summed E-state index contributed by atoms with van der Waals surface area (Å²) in [5.41, 5.74) is 1.97. The number of hydrogen-bond acceptors (Lipinski definition) is 5. The van der Waals surface area contributed by atoms with Crippen LogP contribution < -0.4 is 5.32 Å². The van der Waals surface area contributed by atoms with Crippen LogP contribution in [0.25, 0.3) is 11.5 Å². The third-order valence-corrected chi connectivity index (χ3v) is 3.17. The summed E-state index contributed by atoms with van der Waals surface area (Å²) in [6, 6.07) is 2.76. The van der Waals surface area contributed by atoms with Crippen LogP contribution in [0.4, 0.5) is 0 Å². The van der Waals surface area contributed by atoms with E-state index in [4.69, 9.17) is 4.42 Å². The second-order valence-electron chi connectivity index (χ2n) is 5.08.